The van der Waals surface area contributed by atoms with E-state index in [2.05, 4.69) is 4.98 Å². The number of hydrogen-bond donors (Lipinski definition) is 1. The first kappa shape index (κ1) is 27.1. The van der Waals surface area contributed by atoms with Gasteiger partial charge in [-0.3, -0.25) is 0 Å². The molecule has 8 nitrogen and oxygen atoms in total. The molecule has 0 aliphatic carbocycles. The molecule has 11 heteroatoms. The van der Waals surface area contributed by atoms with Gasteiger partial charge in [-0.25, -0.2) is 9.78 Å². The minimum absolute atomic E-state index is 0.0181. The van der Waals surface area contributed by atoms with Crippen LogP contribution in [0.3, 0.4) is 0 Å². The zero-order valence-electron chi connectivity index (χ0n) is 21.0. The Kier molecular flexibility index (Phi) is 7.42. The summed E-state index contributed by atoms with van der Waals surface area (Å²) in [5.74, 6) is -1.06. The number of halogens is 3. The molecule has 0 spiro atoms. The average molecular weight is 554 g/mol. The number of amides is 1. The van der Waals surface area contributed by atoms with E-state index >= 15 is 0 Å². The van der Waals surface area contributed by atoms with E-state index in [4.69, 9.17) is 14.0 Å². The van der Waals surface area contributed by atoms with Crippen molar-refractivity contribution in [1.29, 1.82) is 0 Å². The molecule has 1 aliphatic rings. The number of hydrogen-bond acceptors (Lipinski definition) is 6. The standard InChI is InChI=1S/C29H23F3N2O6/c30-29(31,32)22-10-12-24(13-11-22)40-28(37)34(17-21-9-5-4-8-20(21)16-25(34)27(35)36)39-15-14-23-18-38-26(33-23)19-6-2-1-3-7-19/h1-13,18,25H,14-17H2/p+1. The first-order valence-corrected chi connectivity index (χ1v) is 12.4. The second kappa shape index (κ2) is 10.9. The molecule has 3 aromatic carbocycles. The normalized spacial score (nSPS) is 18.6. The maximum atomic E-state index is 13.6. The number of quaternary nitrogens is 1. The molecule has 1 aliphatic heterocycles. The van der Waals surface area contributed by atoms with E-state index in [1.165, 1.54) is 6.26 Å². The van der Waals surface area contributed by atoms with Crippen LogP contribution in [0.1, 0.15) is 22.4 Å². The van der Waals surface area contributed by atoms with E-state index in [0.29, 0.717) is 17.1 Å². The summed E-state index contributed by atoms with van der Waals surface area (Å²) in [5.41, 5.74) is 1.83. The molecular weight excluding hydrogens is 529 g/mol. The number of ether oxygens (including phenoxy) is 1. The number of alkyl halides is 3. The van der Waals surface area contributed by atoms with Crippen molar-refractivity contribution in [1.82, 2.24) is 4.98 Å². The number of carboxylic acids is 1. The van der Waals surface area contributed by atoms with Crippen LogP contribution in [0.5, 0.6) is 5.75 Å². The van der Waals surface area contributed by atoms with E-state index < -0.39 is 34.5 Å². The quantitative estimate of drug-likeness (QED) is 0.278. The lowest BCUT2D eigenvalue weighted by molar-refractivity contribution is -1.07. The number of fused-ring (bicyclic) bond motifs is 1. The highest BCUT2D eigenvalue weighted by atomic mass is 19.4. The molecule has 5 rings (SSSR count). The van der Waals surface area contributed by atoms with Gasteiger partial charge in [-0.1, -0.05) is 47.1 Å². The number of oxazole rings is 1. The van der Waals surface area contributed by atoms with Crippen molar-refractivity contribution < 1.29 is 46.5 Å². The predicted molar refractivity (Wildman–Crippen MR) is 135 cm³/mol. The lowest BCUT2D eigenvalue weighted by Crippen LogP contribution is -2.65. The predicted octanol–water partition coefficient (Wildman–Crippen LogP) is 6.06. The fourth-order valence-electron chi connectivity index (χ4n) is 4.61. The number of carbonyl (C=O) groups excluding carboxylic acids is 1. The molecule has 2 unspecified atom stereocenters. The summed E-state index contributed by atoms with van der Waals surface area (Å²) >= 11 is 0. The highest BCUT2D eigenvalue weighted by Gasteiger charge is 2.56. The molecule has 1 N–H and O–H groups in total. The van der Waals surface area contributed by atoms with Gasteiger partial charge < -0.3 is 14.3 Å². The van der Waals surface area contributed by atoms with E-state index in [-0.39, 0.29) is 31.7 Å². The molecule has 0 saturated carbocycles. The van der Waals surface area contributed by atoms with Crippen molar-refractivity contribution in [3.8, 4) is 17.2 Å². The van der Waals surface area contributed by atoms with Crippen LogP contribution in [0.2, 0.25) is 0 Å². The smallest absolute Gasteiger partial charge is 0.477 e. The van der Waals surface area contributed by atoms with Gasteiger partial charge in [0.1, 0.15) is 25.2 Å². The molecule has 1 amide bonds. The Hall–Kier alpha value is -4.48. The van der Waals surface area contributed by atoms with Gasteiger partial charge in [0.25, 0.3) is 0 Å². The van der Waals surface area contributed by atoms with Gasteiger partial charge in [-0.15, -0.1) is 0 Å². The maximum absolute atomic E-state index is 13.6. The number of carboxylic acid groups (broad SMARTS) is 1. The first-order chi connectivity index (χ1) is 19.2. The molecule has 2 heterocycles. The zero-order chi connectivity index (χ0) is 28.3. The summed E-state index contributed by atoms with van der Waals surface area (Å²) < 4.78 is 48.9. The van der Waals surface area contributed by atoms with Crippen molar-refractivity contribution in [2.45, 2.75) is 31.6 Å². The largest absolute Gasteiger partial charge is 0.556 e. The minimum Gasteiger partial charge on any atom is -0.477 e. The van der Waals surface area contributed by atoms with Crippen LogP contribution in [0.15, 0.2) is 89.5 Å². The van der Waals surface area contributed by atoms with Crippen molar-refractivity contribution in [3.63, 3.8) is 0 Å². The number of nitrogens with zero attached hydrogens (tertiary/aromatic N) is 2. The number of carbonyl (C=O) groups is 2. The SMILES string of the molecule is O=C(O)C1Cc2ccccc2C[N+]1(OCCc1coc(-c2ccccc2)n1)C(=O)Oc1ccc(C(F)(F)F)cc1. The average Bonchev–Trinajstić information content (AvgIpc) is 3.41. The highest BCUT2D eigenvalue weighted by molar-refractivity contribution is 5.76. The van der Waals surface area contributed by atoms with Gasteiger partial charge in [-0.2, -0.15) is 22.8 Å². The molecule has 40 heavy (non-hydrogen) atoms. The molecular formula is C29H24F3N2O6+. The summed E-state index contributed by atoms with van der Waals surface area (Å²) in [4.78, 5) is 36.6. The van der Waals surface area contributed by atoms with Crippen molar-refractivity contribution >= 4 is 12.1 Å². The van der Waals surface area contributed by atoms with Crippen LogP contribution in [-0.2, 0) is 35.2 Å². The lowest BCUT2D eigenvalue weighted by atomic mass is 9.94. The van der Waals surface area contributed by atoms with Crippen LogP contribution in [-0.4, -0.2) is 39.4 Å². The Bertz CT molecular complexity index is 1500. The van der Waals surface area contributed by atoms with Gasteiger partial charge in [0.15, 0.2) is 0 Å². The molecule has 4 aromatic rings. The fourth-order valence-corrected chi connectivity index (χ4v) is 4.61. The summed E-state index contributed by atoms with van der Waals surface area (Å²) in [6.45, 7) is -0.268. The number of aliphatic carboxylic acids is 1. The van der Waals surface area contributed by atoms with Gasteiger partial charge in [0.2, 0.25) is 11.9 Å². The van der Waals surface area contributed by atoms with E-state index in [9.17, 15) is 27.9 Å². The van der Waals surface area contributed by atoms with E-state index in [0.717, 1.165) is 35.4 Å². The zero-order valence-corrected chi connectivity index (χ0v) is 21.0. The Balaban J connectivity index is 1.41. The van der Waals surface area contributed by atoms with E-state index in [1.807, 2.05) is 30.3 Å². The maximum Gasteiger partial charge on any atom is 0.556 e. The van der Waals surface area contributed by atoms with Gasteiger partial charge >= 0.3 is 18.2 Å². The first-order valence-electron chi connectivity index (χ1n) is 12.4. The van der Waals surface area contributed by atoms with Crippen molar-refractivity contribution in [2.24, 2.45) is 0 Å². The van der Waals surface area contributed by atoms with Crippen LogP contribution in [0, 0.1) is 0 Å². The summed E-state index contributed by atoms with van der Waals surface area (Å²) in [5, 5.41) is 10.1. The monoisotopic (exact) mass is 553 g/mol. The third-order valence-electron chi connectivity index (χ3n) is 6.67. The van der Waals surface area contributed by atoms with Crippen LogP contribution in [0.4, 0.5) is 18.0 Å². The fraction of sp³-hybridized carbons (Fsp3) is 0.207. The number of benzene rings is 3. The topological polar surface area (TPSA) is 98.9 Å². The van der Waals surface area contributed by atoms with Gasteiger partial charge in [-0.05, 0) is 42.0 Å². The Morgan fingerprint density at radius 1 is 0.975 bits per heavy atom. The van der Waals surface area contributed by atoms with Crippen LogP contribution >= 0.6 is 0 Å². The molecule has 206 valence electrons. The molecule has 1 aromatic heterocycles. The van der Waals surface area contributed by atoms with E-state index in [1.54, 1.807) is 24.3 Å². The second-order valence-corrected chi connectivity index (χ2v) is 9.26. The summed E-state index contributed by atoms with van der Waals surface area (Å²) in [6, 6.07) is 18.5. The third-order valence-corrected chi connectivity index (χ3v) is 6.67. The van der Waals surface area contributed by atoms with Crippen LogP contribution < -0.4 is 4.74 Å². The van der Waals surface area contributed by atoms with Crippen molar-refractivity contribution in [3.05, 3.63) is 108 Å². The Labute approximate surface area is 226 Å². The molecule has 0 bridgehead atoms. The lowest BCUT2D eigenvalue weighted by Gasteiger charge is -2.39. The number of aromatic nitrogens is 1. The molecule has 0 fully saturated rings. The molecule has 2 atom stereocenters. The summed E-state index contributed by atoms with van der Waals surface area (Å²) in [6.07, 6.45) is -4.00. The summed E-state index contributed by atoms with van der Waals surface area (Å²) in [7, 11) is 0. The second-order valence-electron chi connectivity index (χ2n) is 9.26. The van der Waals surface area contributed by atoms with Crippen molar-refractivity contribution in [2.75, 3.05) is 6.61 Å². The minimum atomic E-state index is -4.56. The Morgan fingerprint density at radius 3 is 2.33 bits per heavy atom. The number of hydroxylamine groups is 3. The number of rotatable bonds is 7. The highest BCUT2D eigenvalue weighted by Crippen LogP contribution is 2.34. The van der Waals surface area contributed by atoms with Crippen LogP contribution in [0.25, 0.3) is 11.5 Å². The molecule has 0 radical (unpaired) electrons. The van der Waals surface area contributed by atoms with Gasteiger partial charge in [0.05, 0.1) is 11.3 Å². The Morgan fingerprint density at radius 2 is 1.65 bits per heavy atom. The third kappa shape index (κ3) is 5.61. The molecule has 0 saturated heterocycles. The van der Waals surface area contributed by atoms with Gasteiger partial charge in [0, 0.05) is 24.0 Å².